The summed E-state index contributed by atoms with van der Waals surface area (Å²) in [5.74, 6) is 1.94. The summed E-state index contributed by atoms with van der Waals surface area (Å²) in [4.78, 5) is 2.49. The summed E-state index contributed by atoms with van der Waals surface area (Å²) in [6.07, 6.45) is 4.93. The Balaban J connectivity index is 1.55. The molecule has 0 aromatic heterocycles. The van der Waals surface area contributed by atoms with Crippen molar-refractivity contribution in [3.05, 3.63) is 29.3 Å². The minimum Gasteiger partial charge on any atom is -0.493 e. The summed E-state index contributed by atoms with van der Waals surface area (Å²) < 4.78 is 5.57. The lowest BCUT2D eigenvalue weighted by molar-refractivity contribution is 0.188. The zero-order chi connectivity index (χ0) is 13.1. The van der Waals surface area contributed by atoms with Gasteiger partial charge in [0, 0.05) is 19.5 Å². The van der Waals surface area contributed by atoms with Crippen LogP contribution in [0.15, 0.2) is 18.2 Å². The van der Waals surface area contributed by atoms with Gasteiger partial charge in [0.05, 0.1) is 6.61 Å². The van der Waals surface area contributed by atoms with E-state index in [4.69, 9.17) is 10.5 Å². The van der Waals surface area contributed by atoms with Crippen molar-refractivity contribution < 1.29 is 4.74 Å². The first-order valence-electron chi connectivity index (χ1n) is 7.52. The standard InChI is InChI=1S/C16H24N2O/c17-6-9-18-7-3-13(4-8-18)11-14-1-2-16-15(12-14)5-10-19-16/h1-2,12-13H,3-11,17H2. The van der Waals surface area contributed by atoms with Gasteiger partial charge < -0.3 is 15.4 Å². The second-order valence-corrected chi connectivity index (χ2v) is 5.82. The number of likely N-dealkylation sites (tertiary alicyclic amines) is 1. The lowest BCUT2D eigenvalue weighted by atomic mass is 9.89. The van der Waals surface area contributed by atoms with Crippen molar-refractivity contribution in [1.29, 1.82) is 0 Å². The molecule has 3 heteroatoms. The molecule has 1 aromatic rings. The van der Waals surface area contributed by atoms with Crippen LogP contribution in [0.1, 0.15) is 24.0 Å². The minimum absolute atomic E-state index is 0.787. The van der Waals surface area contributed by atoms with Crippen LogP contribution in [0.4, 0.5) is 0 Å². The van der Waals surface area contributed by atoms with E-state index in [-0.39, 0.29) is 0 Å². The Kier molecular flexibility index (Phi) is 4.04. The van der Waals surface area contributed by atoms with Gasteiger partial charge in [-0.2, -0.15) is 0 Å². The monoisotopic (exact) mass is 260 g/mol. The van der Waals surface area contributed by atoms with Gasteiger partial charge in [0.2, 0.25) is 0 Å². The number of benzene rings is 1. The summed E-state index contributed by atoms with van der Waals surface area (Å²) in [6, 6.07) is 6.76. The molecule has 1 aromatic carbocycles. The van der Waals surface area contributed by atoms with E-state index in [0.717, 1.165) is 37.8 Å². The third-order valence-electron chi connectivity index (χ3n) is 4.43. The molecular formula is C16H24N2O. The molecule has 3 nitrogen and oxygen atoms in total. The molecule has 0 bridgehead atoms. The third kappa shape index (κ3) is 3.10. The molecular weight excluding hydrogens is 236 g/mol. The van der Waals surface area contributed by atoms with Crippen LogP contribution in [0.3, 0.4) is 0 Å². The first kappa shape index (κ1) is 12.9. The second kappa shape index (κ2) is 5.93. The number of nitrogens with zero attached hydrogens (tertiary/aromatic N) is 1. The van der Waals surface area contributed by atoms with Gasteiger partial charge in [-0.25, -0.2) is 0 Å². The fraction of sp³-hybridized carbons (Fsp3) is 0.625. The average Bonchev–Trinajstić information content (AvgIpc) is 2.89. The molecule has 104 valence electrons. The molecule has 2 aliphatic heterocycles. The Bertz CT molecular complexity index is 425. The van der Waals surface area contributed by atoms with E-state index in [1.165, 1.54) is 43.5 Å². The maximum absolute atomic E-state index is 5.62. The molecule has 0 aliphatic carbocycles. The van der Waals surface area contributed by atoms with Gasteiger partial charge >= 0.3 is 0 Å². The Hall–Kier alpha value is -1.06. The highest BCUT2D eigenvalue weighted by molar-refractivity contribution is 5.39. The Labute approximate surface area is 115 Å². The summed E-state index contributed by atoms with van der Waals surface area (Å²) in [6.45, 7) is 5.14. The number of hydrogen-bond acceptors (Lipinski definition) is 3. The van der Waals surface area contributed by atoms with Crippen molar-refractivity contribution in [1.82, 2.24) is 4.90 Å². The molecule has 19 heavy (non-hydrogen) atoms. The third-order valence-corrected chi connectivity index (χ3v) is 4.43. The van der Waals surface area contributed by atoms with Crippen LogP contribution in [0.2, 0.25) is 0 Å². The molecule has 2 N–H and O–H groups in total. The van der Waals surface area contributed by atoms with Crippen LogP contribution in [0.25, 0.3) is 0 Å². The highest BCUT2D eigenvalue weighted by Gasteiger charge is 2.20. The zero-order valence-electron chi connectivity index (χ0n) is 11.6. The van der Waals surface area contributed by atoms with Crippen molar-refractivity contribution >= 4 is 0 Å². The van der Waals surface area contributed by atoms with E-state index < -0.39 is 0 Å². The van der Waals surface area contributed by atoms with Crippen molar-refractivity contribution in [2.45, 2.75) is 25.7 Å². The maximum atomic E-state index is 5.62. The van der Waals surface area contributed by atoms with Gasteiger partial charge in [-0.15, -0.1) is 0 Å². The fourth-order valence-electron chi connectivity index (χ4n) is 3.30. The Morgan fingerprint density at radius 1 is 1.26 bits per heavy atom. The van der Waals surface area contributed by atoms with Crippen LogP contribution in [0, 0.1) is 5.92 Å². The fourth-order valence-corrected chi connectivity index (χ4v) is 3.30. The zero-order valence-corrected chi connectivity index (χ0v) is 11.6. The molecule has 2 aliphatic rings. The quantitative estimate of drug-likeness (QED) is 0.897. The second-order valence-electron chi connectivity index (χ2n) is 5.82. The van der Waals surface area contributed by atoms with Gasteiger partial charge in [-0.1, -0.05) is 12.1 Å². The first-order chi connectivity index (χ1) is 9.35. The number of nitrogens with two attached hydrogens (primary N) is 1. The van der Waals surface area contributed by atoms with Crippen molar-refractivity contribution in [2.24, 2.45) is 11.7 Å². The number of piperidine rings is 1. The maximum Gasteiger partial charge on any atom is 0.122 e. The Morgan fingerprint density at radius 2 is 2.11 bits per heavy atom. The van der Waals surface area contributed by atoms with Crippen LogP contribution in [0.5, 0.6) is 5.75 Å². The molecule has 2 heterocycles. The highest BCUT2D eigenvalue weighted by Crippen LogP contribution is 2.28. The van der Waals surface area contributed by atoms with E-state index in [0.29, 0.717) is 0 Å². The molecule has 3 rings (SSSR count). The number of ether oxygens (including phenoxy) is 1. The van der Waals surface area contributed by atoms with E-state index >= 15 is 0 Å². The van der Waals surface area contributed by atoms with E-state index in [2.05, 4.69) is 23.1 Å². The first-order valence-corrected chi connectivity index (χ1v) is 7.52. The van der Waals surface area contributed by atoms with Crippen molar-refractivity contribution in [3.63, 3.8) is 0 Å². The van der Waals surface area contributed by atoms with E-state index in [9.17, 15) is 0 Å². The predicted octanol–water partition coefficient (Wildman–Crippen LogP) is 1.83. The van der Waals surface area contributed by atoms with Gasteiger partial charge in [-0.3, -0.25) is 0 Å². The smallest absolute Gasteiger partial charge is 0.122 e. The van der Waals surface area contributed by atoms with E-state index in [1.54, 1.807) is 0 Å². The summed E-state index contributed by atoms with van der Waals surface area (Å²) in [7, 11) is 0. The molecule has 1 saturated heterocycles. The van der Waals surface area contributed by atoms with E-state index in [1.807, 2.05) is 0 Å². The Morgan fingerprint density at radius 3 is 2.89 bits per heavy atom. The largest absolute Gasteiger partial charge is 0.493 e. The van der Waals surface area contributed by atoms with Crippen LogP contribution in [-0.4, -0.2) is 37.7 Å². The summed E-state index contributed by atoms with van der Waals surface area (Å²) >= 11 is 0. The molecule has 1 fully saturated rings. The van der Waals surface area contributed by atoms with Gasteiger partial charge in [0.15, 0.2) is 0 Å². The van der Waals surface area contributed by atoms with Gasteiger partial charge in [0.1, 0.15) is 5.75 Å². The topological polar surface area (TPSA) is 38.5 Å². The van der Waals surface area contributed by atoms with Crippen molar-refractivity contribution in [2.75, 3.05) is 32.8 Å². The van der Waals surface area contributed by atoms with Crippen LogP contribution in [-0.2, 0) is 12.8 Å². The number of rotatable bonds is 4. The molecule has 0 radical (unpaired) electrons. The van der Waals surface area contributed by atoms with Crippen LogP contribution < -0.4 is 10.5 Å². The van der Waals surface area contributed by atoms with Gasteiger partial charge in [-0.05, 0) is 55.5 Å². The summed E-state index contributed by atoms with van der Waals surface area (Å²) in [5, 5.41) is 0. The predicted molar refractivity (Wildman–Crippen MR) is 77.6 cm³/mol. The normalized spacial score (nSPS) is 20.3. The number of fused-ring (bicyclic) bond motifs is 1. The molecule has 0 saturated carbocycles. The lowest BCUT2D eigenvalue weighted by Crippen LogP contribution is -2.37. The highest BCUT2D eigenvalue weighted by atomic mass is 16.5. The minimum atomic E-state index is 0.787. The number of hydrogen-bond donors (Lipinski definition) is 1. The average molecular weight is 260 g/mol. The molecule has 0 amide bonds. The van der Waals surface area contributed by atoms with Gasteiger partial charge in [0.25, 0.3) is 0 Å². The SMILES string of the molecule is NCCN1CCC(Cc2ccc3c(c2)CCO3)CC1. The lowest BCUT2D eigenvalue weighted by Gasteiger charge is -2.31. The molecule has 0 spiro atoms. The van der Waals surface area contributed by atoms with Crippen molar-refractivity contribution in [3.8, 4) is 5.75 Å². The van der Waals surface area contributed by atoms with Crippen LogP contribution >= 0.6 is 0 Å². The molecule has 0 atom stereocenters. The summed E-state index contributed by atoms with van der Waals surface area (Å²) in [5.41, 5.74) is 8.50. The molecule has 0 unspecified atom stereocenters.